The number of ether oxygens (including phenoxy) is 2. The van der Waals surface area contributed by atoms with Gasteiger partial charge in [-0.05, 0) is 49.4 Å². The third kappa shape index (κ3) is 6.11. The lowest BCUT2D eigenvalue weighted by Gasteiger charge is -2.32. The van der Waals surface area contributed by atoms with Gasteiger partial charge in [0.2, 0.25) is 11.8 Å². The van der Waals surface area contributed by atoms with Crippen molar-refractivity contribution in [2.45, 2.75) is 24.4 Å². The molecule has 0 unspecified atom stereocenters. The molecule has 1 atom stereocenters. The Bertz CT molecular complexity index is 1470. The van der Waals surface area contributed by atoms with Crippen molar-refractivity contribution in [2.75, 3.05) is 31.1 Å². The molecule has 2 amide bonds. The standard InChI is InChI=1S/C27H27F2N3O6S/c1-18(27(34)30-2)31(16-19-5-3-4-6-23(19)29)26(33)17-32(21-9-7-20(28)8-10-21)39(35,36)22-11-12-24-25(15-22)38-14-13-37-24/h3-12,15,18H,13-14,16-17H2,1-2H3,(H,30,34)/t18-/m0/s1. The monoisotopic (exact) mass is 559 g/mol. The third-order valence-electron chi connectivity index (χ3n) is 6.21. The maximum Gasteiger partial charge on any atom is 0.264 e. The van der Waals surface area contributed by atoms with Crippen LogP contribution in [-0.2, 0) is 26.2 Å². The number of nitrogens with zero attached hydrogens (tertiary/aromatic N) is 2. The highest BCUT2D eigenvalue weighted by Gasteiger charge is 2.33. The molecule has 0 saturated heterocycles. The van der Waals surface area contributed by atoms with Gasteiger partial charge in [0.05, 0.1) is 10.6 Å². The highest BCUT2D eigenvalue weighted by molar-refractivity contribution is 7.92. The largest absolute Gasteiger partial charge is 0.486 e. The van der Waals surface area contributed by atoms with E-state index in [-0.39, 0.29) is 35.0 Å². The van der Waals surface area contributed by atoms with Crippen molar-refractivity contribution < 1.29 is 36.3 Å². The number of benzene rings is 3. The van der Waals surface area contributed by atoms with E-state index in [1.54, 1.807) is 6.07 Å². The van der Waals surface area contributed by atoms with E-state index in [0.717, 1.165) is 21.3 Å². The lowest BCUT2D eigenvalue weighted by Crippen LogP contribution is -2.50. The zero-order valence-electron chi connectivity index (χ0n) is 21.3. The molecule has 1 aliphatic heterocycles. The van der Waals surface area contributed by atoms with Crippen molar-refractivity contribution in [1.82, 2.24) is 10.2 Å². The van der Waals surface area contributed by atoms with E-state index >= 15 is 0 Å². The second-order valence-electron chi connectivity index (χ2n) is 8.70. The molecule has 3 aromatic carbocycles. The van der Waals surface area contributed by atoms with Gasteiger partial charge in [-0.3, -0.25) is 13.9 Å². The van der Waals surface area contributed by atoms with Gasteiger partial charge in [-0.15, -0.1) is 0 Å². The van der Waals surface area contributed by atoms with E-state index in [0.29, 0.717) is 12.4 Å². The maximum atomic E-state index is 14.5. The molecule has 206 valence electrons. The molecule has 1 aliphatic rings. The first-order chi connectivity index (χ1) is 18.6. The van der Waals surface area contributed by atoms with Crippen LogP contribution in [0.1, 0.15) is 12.5 Å². The van der Waals surface area contributed by atoms with Gasteiger partial charge in [-0.1, -0.05) is 18.2 Å². The van der Waals surface area contributed by atoms with E-state index in [1.807, 2.05) is 0 Å². The van der Waals surface area contributed by atoms with E-state index in [9.17, 15) is 26.8 Å². The van der Waals surface area contributed by atoms with Gasteiger partial charge in [-0.2, -0.15) is 0 Å². The second-order valence-corrected chi connectivity index (χ2v) is 10.6. The van der Waals surface area contributed by atoms with Crippen LogP contribution in [0.5, 0.6) is 11.5 Å². The summed E-state index contributed by atoms with van der Waals surface area (Å²) >= 11 is 0. The van der Waals surface area contributed by atoms with Gasteiger partial charge in [0.1, 0.15) is 37.4 Å². The molecule has 0 bridgehead atoms. The minimum absolute atomic E-state index is 0.0121. The van der Waals surface area contributed by atoms with Crippen LogP contribution in [0, 0.1) is 11.6 Å². The van der Waals surface area contributed by atoms with E-state index in [1.165, 1.54) is 62.5 Å². The summed E-state index contributed by atoms with van der Waals surface area (Å²) in [5, 5.41) is 2.45. The molecule has 0 aromatic heterocycles. The summed E-state index contributed by atoms with van der Waals surface area (Å²) < 4.78 is 67.7. The summed E-state index contributed by atoms with van der Waals surface area (Å²) in [5.74, 6) is -1.89. The summed E-state index contributed by atoms with van der Waals surface area (Å²) in [4.78, 5) is 27.1. The molecule has 39 heavy (non-hydrogen) atoms. The Kier molecular flexibility index (Phi) is 8.34. The molecule has 4 rings (SSSR count). The van der Waals surface area contributed by atoms with E-state index < -0.39 is 46.1 Å². The number of rotatable bonds is 9. The molecule has 0 spiro atoms. The highest BCUT2D eigenvalue weighted by atomic mass is 32.2. The molecule has 3 aromatic rings. The first-order valence-electron chi connectivity index (χ1n) is 12.0. The zero-order chi connectivity index (χ0) is 28.2. The fourth-order valence-electron chi connectivity index (χ4n) is 4.05. The van der Waals surface area contributed by atoms with Crippen molar-refractivity contribution in [3.63, 3.8) is 0 Å². The van der Waals surface area contributed by atoms with Gasteiger partial charge in [0.15, 0.2) is 11.5 Å². The third-order valence-corrected chi connectivity index (χ3v) is 7.98. The number of sulfonamides is 1. The Balaban J connectivity index is 1.73. The number of halogens is 2. The van der Waals surface area contributed by atoms with Crippen LogP contribution in [0.3, 0.4) is 0 Å². The average Bonchev–Trinajstić information content (AvgIpc) is 2.94. The molecule has 0 fully saturated rings. The lowest BCUT2D eigenvalue weighted by molar-refractivity contribution is -0.139. The zero-order valence-corrected chi connectivity index (χ0v) is 22.1. The highest BCUT2D eigenvalue weighted by Crippen LogP contribution is 2.34. The number of anilines is 1. The summed E-state index contributed by atoms with van der Waals surface area (Å²) in [6, 6.07) is 13.3. The van der Waals surface area contributed by atoms with Gasteiger partial charge in [0, 0.05) is 25.2 Å². The number of hydrogen-bond donors (Lipinski definition) is 1. The summed E-state index contributed by atoms with van der Waals surface area (Å²) in [6.45, 7) is 0.963. The Morgan fingerprint density at radius 3 is 2.31 bits per heavy atom. The van der Waals surface area contributed by atoms with Crippen molar-refractivity contribution in [1.29, 1.82) is 0 Å². The predicted molar refractivity (Wildman–Crippen MR) is 139 cm³/mol. The molecule has 0 saturated carbocycles. The SMILES string of the molecule is CNC(=O)[C@H](C)N(Cc1ccccc1F)C(=O)CN(c1ccc(F)cc1)S(=O)(=O)c1ccc2c(c1)OCCO2. The summed E-state index contributed by atoms with van der Waals surface area (Å²) in [7, 11) is -3.02. The fraction of sp³-hybridized carbons (Fsp3) is 0.259. The molecule has 9 nitrogen and oxygen atoms in total. The van der Waals surface area contributed by atoms with Gasteiger partial charge >= 0.3 is 0 Å². The number of hydrogen-bond acceptors (Lipinski definition) is 6. The minimum atomic E-state index is -4.41. The normalized spacial score (nSPS) is 13.3. The van der Waals surface area contributed by atoms with Crippen LogP contribution in [0.15, 0.2) is 71.6 Å². The van der Waals surface area contributed by atoms with Crippen LogP contribution in [0.25, 0.3) is 0 Å². The molecule has 1 heterocycles. The van der Waals surface area contributed by atoms with Crippen molar-refractivity contribution >= 4 is 27.5 Å². The number of carbonyl (C=O) groups is 2. The Hall–Kier alpha value is -4.19. The van der Waals surface area contributed by atoms with E-state index in [2.05, 4.69) is 5.32 Å². The molecular formula is C27H27F2N3O6S. The van der Waals surface area contributed by atoms with Crippen LogP contribution < -0.4 is 19.1 Å². The minimum Gasteiger partial charge on any atom is -0.486 e. The Morgan fingerprint density at radius 2 is 1.64 bits per heavy atom. The Morgan fingerprint density at radius 1 is 0.974 bits per heavy atom. The summed E-state index contributed by atoms with van der Waals surface area (Å²) in [6.07, 6.45) is 0. The summed E-state index contributed by atoms with van der Waals surface area (Å²) in [5.41, 5.74) is 0.155. The first kappa shape index (κ1) is 27.8. The van der Waals surface area contributed by atoms with Crippen molar-refractivity contribution in [3.05, 3.63) is 83.9 Å². The quantitative estimate of drug-likeness (QED) is 0.432. The van der Waals surface area contributed by atoms with Crippen LogP contribution in [-0.4, -0.2) is 58.0 Å². The van der Waals surface area contributed by atoms with Gasteiger partial charge < -0.3 is 19.7 Å². The van der Waals surface area contributed by atoms with Gasteiger partial charge in [0.25, 0.3) is 10.0 Å². The molecule has 0 aliphatic carbocycles. The lowest BCUT2D eigenvalue weighted by atomic mass is 10.1. The topological polar surface area (TPSA) is 105 Å². The van der Waals surface area contributed by atoms with Gasteiger partial charge in [-0.25, -0.2) is 17.2 Å². The van der Waals surface area contributed by atoms with Crippen LogP contribution >= 0.6 is 0 Å². The molecule has 0 radical (unpaired) electrons. The first-order valence-corrected chi connectivity index (χ1v) is 13.5. The number of likely N-dealkylation sites (N-methyl/N-ethyl adjacent to an activating group) is 1. The Labute approximate surface area is 225 Å². The van der Waals surface area contributed by atoms with E-state index in [4.69, 9.17) is 9.47 Å². The number of carbonyl (C=O) groups excluding carboxylic acids is 2. The number of fused-ring (bicyclic) bond motifs is 1. The number of nitrogens with one attached hydrogen (secondary N) is 1. The maximum absolute atomic E-state index is 14.5. The average molecular weight is 560 g/mol. The smallest absolute Gasteiger partial charge is 0.264 e. The fourth-order valence-corrected chi connectivity index (χ4v) is 5.48. The van der Waals surface area contributed by atoms with Crippen molar-refractivity contribution in [2.24, 2.45) is 0 Å². The number of amides is 2. The van der Waals surface area contributed by atoms with Crippen molar-refractivity contribution in [3.8, 4) is 11.5 Å². The molecular weight excluding hydrogens is 532 g/mol. The van der Waals surface area contributed by atoms with Crippen LogP contribution in [0.4, 0.5) is 14.5 Å². The molecule has 1 N–H and O–H groups in total. The van der Waals surface area contributed by atoms with Crippen LogP contribution in [0.2, 0.25) is 0 Å². The molecule has 12 heteroatoms. The predicted octanol–water partition coefficient (Wildman–Crippen LogP) is 3.09. The second kappa shape index (κ2) is 11.7.